The molecule has 4 rings (SSSR count). The minimum absolute atomic E-state index is 0.0482. The van der Waals surface area contributed by atoms with E-state index in [1.165, 1.54) is 36.0 Å². The number of alkyl halides is 3. The molecule has 3 heterocycles. The number of amides is 2. The number of carbonyl (C=O) groups is 2. The molecule has 3 aromatic heterocycles. The Kier molecular flexibility index (Phi) is 6.38. The second-order valence-electron chi connectivity index (χ2n) is 7.22. The zero-order valence-corrected chi connectivity index (χ0v) is 19.2. The number of nitrogens with one attached hydrogen (secondary N) is 1. The molecule has 8 nitrogen and oxygen atoms in total. The number of nitrogens with two attached hydrogens (primary N) is 1. The second-order valence-corrected chi connectivity index (χ2v) is 8.62. The number of fused-ring (bicyclic) bond motifs is 1. The lowest BCUT2D eigenvalue weighted by Crippen LogP contribution is -2.18. The van der Waals surface area contributed by atoms with Crippen molar-refractivity contribution in [3.05, 3.63) is 69.2 Å². The van der Waals surface area contributed by atoms with E-state index < -0.39 is 29.5 Å². The van der Waals surface area contributed by atoms with Gasteiger partial charge in [-0.05, 0) is 36.8 Å². The average molecular weight is 528 g/mol. The van der Waals surface area contributed by atoms with Crippen molar-refractivity contribution in [2.24, 2.45) is 5.73 Å². The van der Waals surface area contributed by atoms with Crippen LogP contribution in [-0.2, 0) is 12.9 Å². The topological polar surface area (TPSA) is 112 Å². The van der Waals surface area contributed by atoms with Gasteiger partial charge in [0.25, 0.3) is 11.8 Å². The summed E-state index contributed by atoms with van der Waals surface area (Å²) in [5.74, 6) is -2.01. The van der Waals surface area contributed by atoms with Gasteiger partial charge in [0.2, 0.25) is 0 Å². The number of aromatic nitrogens is 3. The van der Waals surface area contributed by atoms with Crippen molar-refractivity contribution in [3.8, 4) is 5.75 Å². The summed E-state index contributed by atoms with van der Waals surface area (Å²) in [5, 5.41) is 6.62. The van der Waals surface area contributed by atoms with Crippen molar-refractivity contribution >= 4 is 50.7 Å². The highest BCUT2D eigenvalue weighted by molar-refractivity contribution is 7.21. The van der Waals surface area contributed by atoms with E-state index in [0.29, 0.717) is 11.3 Å². The molecule has 0 fully saturated rings. The van der Waals surface area contributed by atoms with Crippen molar-refractivity contribution < 1.29 is 31.9 Å². The molecule has 0 spiro atoms. The Morgan fingerprint density at radius 2 is 2.00 bits per heavy atom. The average Bonchev–Trinajstić information content (AvgIpc) is 3.39. The van der Waals surface area contributed by atoms with Crippen molar-refractivity contribution in [3.63, 3.8) is 0 Å². The first-order valence-corrected chi connectivity index (χ1v) is 10.9. The maximum Gasteiger partial charge on any atom is 0.433 e. The lowest BCUT2D eigenvalue weighted by atomic mass is 10.1. The Morgan fingerprint density at radius 1 is 1.26 bits per heavy atom. The number of ether oxygens (including phenoxy) is 1. The normalized spacial score (nSPS) is 11.6. The highest BCUT2D eigenvalue weighted by Gasteiger charge is 2.34. The minimum atomic E-state index is -4.69. The molecule has 0 aliphatic carbocycles. The van der Waals surface area contributed by atoms with Crippen LogP contribution < -0.4 is 15.8 Å². The molecule has 0 aliphatic rings. The summed E-state index contributed by atoms with van der Waals surface area (Å²) in [6.45, 7) is 1.27. The van der Waals surface area contributed by atoms with Crippen LogP contribution in [0.25, 0.3) is 10.2 Å². The third kappa shape index (κ3) is 5.05. The number of hydrogen-bond acceptors (Lipinski definition) is 6. The van der Waals surface area contributed by atoms with Gasteiger partial charge in [-0.2, -0.15) is 18.3 Å². The third-order valence-corrected chi connectivity index (χ3v) is 6.13. The highest BCUT2D eigenvalue weighted by atomic mass is 35.5. The van der Waals surface area contributed by atoms with Crippen LogP contribution in [0.3, 0.4) is 0 Å². The number of pyridine rings is 1. The zero-order chi connectivity index (χ0) is 25.5. The van der Waals surface area contributed by atoms with Gasteiger partial charge in [-0.1, -0.05) is 11.6 Å². The number of nitrogens with zero attached hydrogens (tertiary/aromatic N) is 3. The van der Waals surface area contributed by atoms with E-state index in [1.54, 1.807) is 0 Å². The number of hydrogen-bond donors (Lipinski definition) is 2. The molecule has 35 heavy (non-hydrogen) atoms. The number of primary amides is 1. The van der Waals surface area contributed by atoms with Gasteiger partial charge in [0.15, 0.2) is 12.4 Å². The molecule has 1 aromatic carbocycles. The molecule has 0 saturated heterocycles. The molecule has 2 amide bonds. The van der Waals surface area contributed by atoms with Crippen LogP contribution in [0.4, 0.5) is 23.2 Å². The lowest BCUT2D eigenvalue weighted by molar-refractivity contribution is -0.141. The smallest absolute Gasteiger partial charge is 0.433 e. The molecular formula is C21H14ClF4N5O3S. The number of carbonyl (C=O) groups excluding carboxylic acids is 2. The van der Waals surface area contributed by atoms with Gasteiger partial charge in [0.1, 0.15) is 27.0 Å². The maximum absolute atomic E-state index is 13.3. The van der Waals surface area contributed by atoms with E-state index in [4.69, 9.17) is 22.1 Å². The first kappa shape index (κ1) is 24.4. The quantitative estimate of drug-likeness (QED) is 0.343. The van der Waals surface area contributed by atoms with Crippen LogP contribution in [0.5, 0.6) is 5.75 Å². The van der Waals surface area contributed by atoms with Crippen LogP contribution in [0.1, 0.15) is 31.4 Å². The first-order valence-electron chi connectivity index (χ1n) is 9.68. The minimum Gasteiger partial charge on any atom is -0.471 e. The number of aryl methyl sites for hydroxylation is 1. The van der Waals surface area contributed by atoms with E-state index in [0.717, 1.165) is 12.1 Å². The number of benzene rings is 1. The summed E-state index contributed by atoms with van der Waals surface area (Å²) in [5.41, 5.74) is 4.29. The van der Waals surface area contributed by atoms with Gasteiger partial charge in [-0.15, -0.1) is 11.3 Å². The van der Waals surface area contributed by atoms with Gasteiger partial charge < -0.3 is 15.8 Å². The Bertz CT molecular complexity index is 1470. The first-order chi connectivity index (χ1) is 16.4. The number of thiophene rings is 1. The fourth-order valence-corrected chi connectivity index (χ4v) is 4.39. The SMILES string of the molecule is Cc1cc(C(F)(F)F)nc2sc(C(N)=O)c(NC(=O)c3ccn(COc4ccc(F)c(Cl)c4)n3)c12. The Hall–Kier alpha value is -3.71. The standard InChI is InChI=1S/C21H14ClF4N5O3S/c1-9-6-14(21(24,25)26)28-20-15(9)16(17(35-20)18(27)32)29-19(33)13-4-5-31(30-13)8-34-10-2-3-12(23)11(22)7-10/h2-7H,8H2,1H3,(H2,27,32)(H,29,33). The van der Waals surface area contributed by atoms with Crippen molar-refractivity contribution in [2.45, 2.75) is 19.8 Å². The summed E-state index contributed by atoms with van der Waals surface area (Å²) < 4.78 is 59.4. The van der Waals surface area contributed by atoms with Crippen LogP contribution in [0, 0.1) is 12.7 Å². The summed E-state index contributed by atoms with van der Waals surface area (Å²) in [7, 11) is 0. The molecule has 0 bridgehead atoms. The number of rotatable bonds is 6. The molecule has 3 N–H and O–H groups in total. The Balaban J connectivity index is 1.58. The van der Waals surface area contributed by atoms with Crippen LogP contribution in [-0.4, -0.2) is 26.6 Å². The van der Waals surface area contributed by atoms with Gasteiger partial charge in [-0.25, -0.2) is 14.1 Å². The van der Waals surface area contributed by atoms with E-state index >= 15 is 0 Å². The molecular weight excluding hydrogens is 514 g/mol. The summed E-state index contributed by atoms with van der Waals surface area (Å²) in [6.07, 6.45) is -3.25. The van der Waals surface area contributed by atoms with Gasteiger partial charge in [-0.3, -0.25) is 9.59 Å². The van der Waals surface area contributed by atoms with E-state index in [-0.39, 0.29) is 49.5 Å². The molecule has 182 valence electrons. The molecule has 0 atom stereocenters. The fourth-order valence-electron chi connectivity index (χ4n) is 3.16. The molecule has 0 radical (unpaired) electrons. The molecule has 4 aromatic rings. The lowest BCUT2D eigenvalue weighted by Gasteiger charge is -2.09. The number of halogens is 5. The Labute approximate surface area is 203 Å². The second kappa shape index (κ2) is 9.15. The molecule has 14 heteroatoms. The van der Waals surface area contributed by atoms with E-state index in [9.17, 15) is 27.2 Å². The molecule has 0 unspecified atom stereocenters. The van der Waals surface area contributed by atoms with Crippen molar-refractivity contribution in [1.82, 2.24) is 14.8 Å². The predicted molar refractivity (Wildman–Crippen MR) is 120 cm³/mol. The summed E-state index contributed by atoms with van der Waals surface area (Å²) in [4.78, 5) is 28.1. The monoisotopic (exact) mass is 527 g/mol. The predicted octanol–water partition coefficient (Wildman–Crippen LogP) is 5.00. The van der Waals surface area contributed by atoms with Crippen LogP contribution >= 0.6 is 22.9 Å². The van der Waals surface area contributed by atoms with Gasteiger partial charge >= 0.3 is 6.18 Å². The van der Waals surface area contributed by atoms with Crippen LogP contribution in [0.2, 0.25) is 5.02 Å². The van der Waals surface area contributed by atoms with E-state index in [1.807, 2.05) is 0 Å². The van der Waals surface area contributed by atoms with Gasteiger partial charge in [0.05, 0.1) is 10.7 Å². The summed E-state index contributed by atoms with van der Waals surface area (Å²) in [6, 6.07) is 5.97. The molecule has 0 aliphatic heterocycles. The zero-order valence-electron chi connectivity index (χ0n) is 17.6. The third-order valence-electron chi connectivity index (χ3n) is 4.74. The van der Waals surface area contributed by atoms with Crippen molar-refractivity contribution in [1.29, 1.82) is 0 Å². The fraction of sp³-hybridized carbons (Fsp3) is 0.143. The Morgan fingerprint density at radius 3 is 2.66 bits per heavy atom. The van der Waals surface area contributed by atoms with E-state index in [2.05, 4.69) is 15.4 Å². The number of anilines is 1. The molecule has 0 saturated carbocycles. The highest BCUT2D eigenvalue weighted by Crippen LogP contribution is 2.39. The largest absolute Gasteiger partial charge is 0.471 e. The van der Waals surface area contributed by atoms with Crippen LogP contribution in [0.15, 0.2) is 36.5 Å². The van der Waals surface area contributed by atoms with Crippen molar-refractivity contribution in [2.75, 3.05) is 5.32 Å². The maximum atomic E-state index is 13.3. The summed E-state index contributed by atoms with van der Waals surface area (Å²) >= 11 is 6.35. The van der Waals surface area contributed by atoms with Gasteiger partial charge in [0, 0.05) is 17.6 Å².